The molecule has 2 N–H and O–H groups in total. The fraction of sp³-hybridized carbons (Fsp3) is 0.375. The van der Waals surface area contributed by atoms with Crippen LogP contribution in [0.4, 0.5) is 8.78 Å². The standard InChI is InChI=1S/C24H23BrF2N4O2S/c1-23(20-12-24(20,34-22(28)30-23)21(32)31-6-8-33-9-7-31)16-10-14(2-4-17(16)26)11-18(27)19-5-3-15(25)13-29-19/h2-5,10-11,13,20H,6-9,12H2,1H3,(H2,28,30)/t20-,23+,24-/m0/s1. The molecule has 1 amide bonds. The number of carbonyl (C=O) groups excluding carboxylic acids is 1. The molecule has 3 heterocycles. The number of ether oxygens (including phenoxy) is 1. The maximum Gasteiger partial charge on any atom is 0.239 e. The third kappa shape index (κ3) is 4.05. The average Bonchev–Trinajstić information content (AvgIpc) is 3.57. The molecule has 1 aromatic heterocycles. The number of nitrogens with zero attached hydrogens (tertiary/aromatic N) is 3. The highest BCUT2D eigenvalue weighted by Crippen LogP contribution is 2.66. The van der Waals surface area contributed by atoms with Crippen molar-refractivity contribution < 1.29 is 18.3 Å². The highest BCUT2D eigenvalue weighted by molar-refractivity contribution is 9.10. The number of hydrogen-bond donors (Lipinski definition) is 1. The Hall–Kier alpha value is -2.30. The lowest BCUT2D eigenvalue weighted by molar-refractivity contribution is -0.135. The van der Waals surface area contributed by atoms with Crippen molar-refractivity contribution in [3.8, 4) is 0 Å². The number of nitrogens with two attached hydrogens (primary N) is 1. The van der Waals surface area contributed by atoms with Gasteiger partial charge in [0.05, 0.1) is 24.4 Å². The molecule has 2 fully saturated rings. The Morgan fingerprint density at radius 1 is 1.32 bits per heavy atom. The quantitative estimate of drug-likeness (QED) is 0.614. The van der Waals surface area contributed by atoms with Gasteiger partial charge in [-0.25, -0.2) is 8.78 Å². The van der Waals surface area contributed by atoms with E-state index in [1.54, 1.807) is 30.0 Å². The van der Waals surface area contributed by atoms with Gasteiger partial charge in [0.1, 0.15) is 16.4 Å². The van der Waals surface area contributed by atoms with Gasteiger partial charge in [-0.05, 0) is 65.2 Å². The van der Waals surface area contributed by atoms with Gasteiger partial charge in [-0.15, -0.1) is 0 Å². The van der Waals surface area contributed by atoms with Crippen LogP contribution in [0, 0.1) is 11.7 Å². The zero-order valence-corrected chi connectivity index (χ0v) is 20.8. The van der Waals surface area contributed by atoms with Crippen molar-refractivity contribution in [2.24, 2.45) is 16.6 Å². The number of rotatable bonds is 4. The lowest BCUT2D eigenvalue weighted by Crippen LogP contribution is -2.49. The second-order valence-corrected chi connectivity index (χ2v) is 11.1. The van der Waals surface area contributed by atoms with Crippen LogP contribution in [0.3, 0.4) is 0 Å². The van der Waals surface area contributed by atoms with Gasteiger partial charge >= 0.3 is 0 Å². The van der Waals surface area contributed by atoms with Crippen molar-refractivity contribution >= 4 is 50.7 Å². The van der Waals surface area contributed by atoms with Crippen molar-refractivity contribution in [1.29, 1.82) is 0 Å². The number of benzene rings is 1. The van der Waals surface area contributed by atoms with Crippen molar-refractivity contribution in [3.63, 3.8) is 0 Å². The van der Waals surface area contributed by atoms with E-state index in [0.717, 1.165) is 4.47 Å². The fourth-order valence-corrected chi connectivity index (χ4v) is 6.53. The molecule has 10 heteroatoms. The topological polar surface area (TPSA) is 80.8 Å². The first-order valence-electron chi connectivity index (χ1n) is 10.9. The summed E-state index contributed by atoms with van der Waals surface area (Å²) < 4.78 is 35.3. The van der Waals surface area contributed by atoms with Crippen LogP contribution in [0.2, 0.25) is 0 Å². The summed E-state index contributed by atoms with van der Waals surface area (Å²) in [5, 5.41) is 0.253. The first-order valence-corrected chi connectivity index (χ1v) is 12.5. The molecule has 1 saturated heterocycles. The van der Waals surface area contributed by atoms with Crippen LogP contribution in [0.25, 0.3) is 11.9 Å². The fourth-order valence-electron chi connectivity index (χ4n) is 4.85. The number of aliphatic imine (C=N–C) groups is 1. The Bertz CT molecular complexity index is 1200. The van der Waals surface area contributed by atoms with E-state index < -0.39 is 21.9 Å². The molecule has 2 aliphatic heterocycles. The Balaban J connectivity index is 1.48. The molecular weight excluding hydrogens is 526 g/mol. The van der Waals surface area contributed by atoms with Gasteiger partial charge in [0.2, 0.25) is 5.91 Å². The molecule has 3 atom stereocenters. The number of carbonyl (C=O) groups is 1. The molecule has 178 valence electrons. The van der Waals surface area contributed by atoms with Crippen LogP contribution in [0.15, 0.2) is 46.0 Å². The third-order valence-electron chi connectivity index (χ3n) is 6.68. The first-order chi connectivity index (χ1) is 16.2. The Labute approximate surface area is 208 Å². The molecule has 1 saturated carbocycles. The maximum atomic E-state index is 15.1. The number of thioether (sulfide) groups is 1. The van der Waals surface area contributed by atoms with E-state index in [0.29, 0.717) is 43.9 Å². The summed E-state index contributed by atoms with van der Waals surface area (Å²) in [5.74, 6) is -1.23. The Morgan fingerprint density at radius 2 is 2.09 bits per heavy atom. The van der Waals surface area contributed by atoms with Crippen LogP contribution in [0.1, 0.15) is 30.2 Å². The van der Waals surface area contributed by atoms with Crippen LogP contribution < -0.4 is 5.73 Å². The van der Waals surface area contributed by atoms with Crippen LogP contribution in [0.5, 0.6) is 0 Å². The summed E-state index contributed by atoms with van der Waals surface area (Å²) in [5.41, 5.74) is 6.08. The molecule has 1 aromatic carbocycles. The zero-order chi connectivity index (χ0) is 24.1. The van der Waals surface area contributed by atoms with E-state index >= 15 is 4.39 Å². The van der Waals surface area contributed by atoms with Gasteiger partial charge in [-0.3, -0.25) is 14.8 Å². The molecule has 3 aliphatic rings. The number of amides is 1. The molecule has 34 heavy (non-hydrogen) atoms. The second kappa shape index (κ2) is 8.73. The van der Waals surface area contributed by atoms with E-state index in [1.165, 1.54) is 36.2 Å². The molecule has 0 unspecified atom stereocenters. The lowest BCUT2D eigenvalue weighted by atomic mass is 9.84. The van der Waals surface area contributed by atoms with Gasteiger partial charge in [0.25, 0.3) is 0 Å². The van der Waals surface area contributed by atoms with E-state index in [-0.39, 0.29) is 22.7 Å². The number of halogens is 3. The van der Waals surface area contributed by atoms with Gasteiger partial charge in [0.15, 0.2) is 5.17 Å². The van der Waals surface area contributed by atoms with E-state index in [9.17, 15) is 9.18 Å². The normalized spacial score (nSPS) is 28.8. The summed E-state index contributed by atoms with van der Waals surface area (Å²) in [4.78, 5) is 23.9. The van der Waals surface area contributed by atoms with E-state index in [2.05, 4.69) is 25.9 Å². The number of aromatic nitrogens is 1. The Morgan fingerprint density at radius 3 is 2.79 bits per heavy atom. The van der Waals surface area contributed by atoms with Crippen molar-refractivity contribution in [3.05, 3.63) is 63.6 Å². The van der Waals surface area contributed by atoms with Crippen molar-refractivity contribution in [1.82, 2.24) is 9.88 Å². The van der Waals surface area contributed by atoms with Gasteiger partial charge in [-0.1, -0.05) is 17.8 Å². The molecule has 1 aliphatic carbocycles. The van der Waals surface area contributed by atoms with E-state index in [1.807, 2.05) is 0 Å². The van der Waals surface area contributed by atoms with Crippen molar-refractivity contribution in [2.75, 3.05) is 26.3 Å². The van der Waals surface area contributed by atoms with Crippen LogP contribution in [-0.2, 0) is 15.1 Å². The monoisotopic (exact) mass is 548 g/mol. The molecule has 0 radical (unpaired) electrons. The minimum absolute atomic E-state index is 0.00121. The largest absolute Gasteiger partial charge is 0.378 e. The predicted molar refractivity (Wildman–Crippen MR) is 132 cm³/mol. The summed E-state index contributed by atoms with van der Waals surface area (Å²) in [6.45, 7) is 3.86. The molecule has 2 aromatic rings. The SMILES string of the molecule is C[C@]1(c2cc(C=C(F)c3ccc(Br)cn3)ccc2F)N=C(N)S[C@@]2(C(=O)N3CCOCC3)C[C@H]21. The van der Waals surface area contributed by atoms with Crippen LogP contribution >= 0.6 is 27.7 Å². The summed E-state index contributed by atoms with van der Waals surface area (Å²) in [6.07, 6.45) is 3.37. The highest BCUT2D eigenvalue weighted by Gasteiger charge is 2.71. The summed E-state index contributed by atoms with van der Waals surface area (Å²) >= 11 is 4.55. The first kappa shape index (κ1) is 23.4. The number of fused-ring (bicyclic) bond motifs is 1. The molecule has 0 spiro atoms. The molecule has 5 rings (SSSR count). The number of pyridine rings is 1. The van der Waals surface area contributed by atoms with E-state index in [4.69, 9.17) is 10.5 Å². The average molecular weight is 549 g/mol. The minimum atomic E-state index is -1.04. The number of morpholine rings is 1. The van der Waals surface area contributed by atoms with Crippen LogP contribution in [-0.4, -0.2) is 52.0 Å². The summed E-state index contributed by atoms with van der Waals surface area (Å²) in [7, 11) is 0. The third-order valence-corrected chi connectivity index (χ3v) is 8.44. The maximum absolute atomic E-state index is 15.1. The molecule has 6 nitrogen and oxygen atoms in total. The summed E-state index contributed by atoms with van der Waals surface area (Å²) in [6, 6.07) is 7.65. The smallest absolute Gasteiger partial charge is 0.239 e. The second-order valence-electron chi connectivity index (χ2n) is 8.84. The minimum Gasteiger partial charge on any atom is -0.378 e. The number of hydrogen-bond acceptors (Lipinski definition) is 6. The van der Waals surface area contributed by atoms with Gasteiger partial charge < -0.3 is 15.4 Å². The Kier molecular flexibility index (Phi) is 6.02. The predicted octanol–water partition coefficient (Wildman–Crippen LogP) is 4.35. The highest BCUT2D eigenvalue weighted by atomic mass is 79.9. The van der Waals surface area contributed by atoms with Crippen molar-refractivity contribution in [2.45, 2.75) is 23.6 Å². The lowest BCUT2D eigenvalue weighted by Gasteiger charge is -2.36. The molecule has 0 bridgehead atoms. The zero-order valence-electron chi connectivity index (χ0n) is 18.4. The molecular formula is C24H23BrF2N4O2S. The number of amidine groups is 1. The van der Waals surface area contributed by atoms with Gasteiger partial charge in [0, 0.05) is 35.2 Å². The van der Waals surface area contributed by atoms with Gasteiger partial charge in [-0.2, -0.15) is 0 Å².